The minimum Gasteiger partial charge on any atom is -0.353 e. The van der Waals surface area contributed by atoms with Crippen molar-refractivity contribution < 1.29 is 14.0 Å². The van der Waals surface area contributed by atoms with E-state index in [0.29, 0.717) is 13.1 Å². The van der Waals surface area contributed by atoms with Crippen molar-refractivity contribution in [2.24, 2.45) is 0 Å². The van der Waals surface area contributed by atoms with E-state index in [1.54, 1.807) is 6.07 Å². The molecule has 1 aromatic carbocycles. The molecule has 0 saturated carbocycles. The van der Waals surface area contributed by atoms with E-state index in [-0.39, 0.29) is 22.5 Å². The van der Waals surface area contributed by atoms with Crippen molar-refractivity contribution >= 4 is 27.7 Å². The van der Waals surface area contributed by atoms with Gasteiger partial charge in [-0.05, 0) is 28.1 Å². The smallest absolute Gasteiger partial charge is 0.257 e. The average Bonchev–Trinajstić information content (AvgIpc) is 2.32. The van der Waals surface area contributed by atoms with Crippen LogP contribution in [0, 0.1) is 5.82 Å². The van der Waals surface area contributed by atoms with Gasteiger partial charge >= 0.3 is 0 Å². The highest BCUT2D eigenvalue weighted by Gasteiger charge is 2.24. The van der Waals surface area contributed by atoms with E-state index in [1.807, 2.05) is 0 Å². The zero-order valence-electron chi connectivity index (χ0n) is 8.87. The number of carbonyl (C=O) groups excluding carboxylic acids is 2. The van der Waals surface area contributed by atoms with Crippen LogP contribution in [-0.4, -0.2) is 36.3 Å². The van der Waals surface area contributed by atoms with Crippen LogP contribution in [0.25, 0.3) is 0 Å². The molecule has 0 bridgehead atoms. The third-order valence-electron chi connectivity index (χ3n) is 2.51. The standard InChI is InChI=1S/C11H10BrFN2O2/c12-8-3-1-2-7(10(8)13)11(17)15-5-4-14-9(16)6-15/h1-3H,4-6H2,(H,14,16). The van der Waals surface area contributed by atoms with Gasteiger partial charge in [-0.3, -0.25) is 9.59 Å². The third kappa shape index (κ3) is 2.46. The highest BCUT2D eigenvalue weighted by molar-refractivity contribution is 9.10. The van der Waals surface area contributed by atoms with E-state index >= 15 is 0 Å². The second-order valence-electron chi connectivity index (χ2n) is 3.68. The Morgan fingerprint density at radius 1 is 1.47 bits per heavy atom. The Balaban J connectivity index is 2.24. The lowest BCUT2D eigenvalue weighted by Gasteiger charge is -2.26. The Bertz CT molecular complexity index is 479. The average molecular weight is 301 g/mol. The van der Waals surface area contributed by atoms with Crippen molar-refractivity contribution in [2.75, 3.05) is 19.6 Å². The minimum atomic E-state index is -0.594. The number of amides is 2. The zero-order valence-corrected chi connectivity index (χ0v) is 10.5. The summed E-state index contributed by atoms with van der Waals surface area (Å²) in [6.45, 7) is 0.779. The first kappa shape index (κ1) is 12.0. The van der Waals surface area contributed by atoms with Gasteiger partial charge in [-0.2, -0.15) is 0 Å². The van der Waals surface area contributed by atoms with Gasteiger partial charge in [-0.1, -0.05) is 6.07 Å². The molecule has 1 aliphatic rings. The maximum atomic E-state index is 13.7. The number of rotatable bonds is 1. The Hall–Kier alpha value is -1.43. The lowest BCUT2D eigenvalue weighted by Crippen LogP contribution is -2.50. The summed E-state index contributed by atoms with van der Waals surface area (Å²) in [5, 5.41) is 2.61. The Morgan fingerprint density at radius 3 is 2.94 bits per heavy atom. The molecule has 1 N–H and O–H groups in total. The molecule has 2 rings (SSSR count). The van der Waals surface area contributed by atoms with Gasteiger partial charge in [0.1, 0.15) is 5.82 Å². The van der Waals surface area contributed by atoms with Crippen LogP contribution in [0.1, 0.15) is 10.4 Å². The zero-order chi connectivity index (χ0) is 12.4. The monoisotopic (exact) mass is 300 g/mol. The number of hydrogen-bond acceptors (Lipinski definition) is 2. The van der Waals surface area contributed by atoms with E-state index in [2.05, 4.69) is 21.2 Å². The molecular weight excluding hydrogens is 291 g/mol. The van der Waals surface area contributed by atoms with E-state index in [1.165, 1.54) is 17.0 Å². The largest absolute Gasteiger partial charge is 0.353 e. The van der Waals surface area contributed by atoms with Gasteiger partial charge in [0.05, 0.1) is 16.6 Å². The van der Waals surface area contributed by atoms with E-state index in [9.17, 15) is 14.0 Å². The molecule has 6 heteroatoms. The highest BCUT2D eigenvalue weighted by Crippen LogP contribution is 2.20. The maximum Gasteiger partial charge on any atom is 0.257 e. The fourth-order valence-electron chi connectivity index (χ4n) is 1.65. The molecule has 0 aromatic heterocycles. The van der Waals surface area contributed by atoms with Crippen LogP contribution >= 0.6 is 15.9 Å². The number of piperazine rings is 1. The molecule has 1 aliphatic heterocycles. The molecule has 0 radical (unpaired) electrons. The third-order valence-corrected chi connectivity index (χ3v) is 3.12. The lowest BCUT2D eigenvalue weighted by molar-refractivity contribution is -0.123. The number of halogens is 2. The quantitative estimate of drug-likeness (QED) is 0.846. The topological polar surface area (TPSA) is 49.4 Å². The van der Waals surface area contributed by atoms with E-state index < -0.39 is 11.7 Å². The molecule has 1 aromatic rings. The van der Waals surface area contributed by atoms with Crippen molar-refractivity contribution in [3.63, 3.8) is 0 Å². The normalized spacial score (nSPS) is 15.6. The summed E-state index contributed by atoms with van der Waals surface area (Å²) in [6.07, 6.45) is 0. The summed E-state index contributed by atoms with van der Waals surface area (Å²) in [6, 6.07) is 4.52. The fraction of sp³-hybridized carbons (Fsp3) is 0.273. The maximum absolute atomic E-state index is 13.7. The predicted molar refractivity (Wildman–Crippen MR) is 63.0 cm³/mol. The Labute approximate surface area is 106 Å². The van der Waals surface area contributed by atoms with Gasteiger partial charge < -0.3 is 10.2 Å². The second-order valence-corrected chi connectivity index (χ2v) is 4.53. The lowest BCUT2D eigenvalue weighted by atomic mass is 10.1. The van der Waals surface area contributed by atoms with Crippen LogP contribution in [0.3, 0.4) is 0 Å². The number of nitrogens with zero attached hydrogens (tertiary/aromatic N) is 1. The molecule has 0 aliphatic carbocycles. The molecular formula is C11H10BrFN2O2. The van der Waals surface area contributed by atoms with Gasteiger partial charge in [0.25, 0.3) is 5.91 Å². The molecule has 90 valence electrons. The molecule has 0 atom stereocenters. The number of hydrogen-bond donors (Lipinski definition) is 1. The Morgan fingerprint density at radius 2 is 2.24 bits per heavy atom. The van der Waals surface area contributed by atoms with Crippen LogP contribution in [-0.2, 0) is 4.79 Å². The van der Waals surface area contributed by atoms with Gasteiger partial charge in [0.2, 0.25) is 5.91 Å². The number of benzene rings is 1. The molecule has 1 saturated heterocycles. The van der Waals surface area contributed by atoms with E-state index in [4.69, 9.17) is 0 Å². The van der Waals surface area contributed by atoms with E-state index in [0.717, 1.165) is 0 Å². The van der Waals surface area contributed by atoms with Gasteiger partial charge in [-0.25, -0.2) is 4.39 Å². The summed E-state index contributed by atoms with van der Waals surface area (Å²) < 4.78 is 13.9. The molecule has 2 amide bonds. The van der Waals surface area contributed by atoms with Crippen molar-refractivity contribution in [3.8, 4) is 0 Å². The van der Waals surface area contributed by atoms with Crippen LogP contribution in [0.15, 0.2) is 22.7 Å². The summed E-state index contributed by atoms with van der Waals surface area (Å²) in [4.78, 5) is 24.5. The summed E-state index contributed by atoms with van der Waals surface area (Å²) in [5.41, 5.74) is -0.0194. The first-order valence-electron chi connectivity index (χ1n) is 5.09. The first-order chi connectivity index (χ1) is 8.09. The molecule has 1 heterocycles. The molecule has 17 heavy (non-hydrogen) atoms. The number of nitrogens with one attached hydrogen (secondary N) is 1. The second kappa shape index (κ2) is 4.83. The highest BCUT2D eigenvalue weighted by atomic mass is 79.9. The molecule has 1 fully saturated rings. The first-order valence-corrected chi connectivity index (χ1v) is 5.89. The summed E-state index contributed by atoms with van der Waals surface area (Å²) >= 11 is 3.03. The van der Waals surface area contributed by atoms with Crippen LogP contribution in [0.5, 0.6) is 0 Å². The fourth-order valence-corrected chi connectivity index (χ4v) is 2.02. The van der Waals surface area contributed by atoms with Gasteiger partial charge in [0.15, 0.2) is 0 Å². The van der Waals surface area contributed by atoms with Crippen LogP contribution < -0.4 is 5.32 Å². The van der Waals surface area contributed by atoms with Crippen molar-refractivity contribution in [2.45, 2.75) is 0 Å². The molecule has 0 spiro atoms. The van der Waals surface area contributed by atoms with Crippen LogP contribution in [0.4, 0.5) is 4.39 Å². The molecule has 4 nitrogen and oxygen atoms in total. The minimum absolute atomic E-state index is 0.0194. The van der Waals surface area contributed by atoms with Crippen molar-refractivity contribution in [3.05, 3.63) is 34.1 Å². The Kier molecular flexibility index (Phi) is 3.42. The molecule has 0 unspecified atom stereocenters. The number of carbonyl (C=O) groups is 2. The van der Waals surface area contributed by atoms with Crippen molar-refractivity contribution in [1.29, 1.82) is 0 Å². The van der Waals surface area contributed by atoms with Crippen LogP contribution in [0.2, 0.25) is 0 Å². The predicted octanol–water partition coefficient (Wildman–Crippen LogP) is 1.16. The van der Waals surface area contributed by atoms with Gasteiger partial charge in [0, 0.05) is 13.1 Å². The van der Waals surface area contributed by atoms with Crippen molar-refractivity contribution in [1.82, 2.24) is 10.2 Å². The SMILES string of the molecule is O=C1CN(C(=O)c2cccc(Br)c2F)CCN1. The summed E-state index contributed by atoms with van der Waals surface area (Å²) in [5.74, 6) is -1.28. The summed E-state index contributed by atoms with van der Waals surface area (Å²) in [7, 11) is 0. The van der Waals surface area contributed by atoms with Gasteiger partial charge in [-0.15, -0.1) is 0 Å².